The Labute approximate surface area is 112 Å². The molecule has 0 unspecified atom stereocenters. The minimum atomic E-state index is -1.08. The first-order valence-corrected chi connectivity index (χ1v) is 6.43. The molecule has 0 radical (unpaired) electrons. The van der Waals surface area contributed by atoms with Crippen LogP contribution in [0, 0.1) is 0 Å². The molecule has 19 heavy (non-hydrogen) atoms. The quantitative estimate of drug-likeness (QED) is 0.816. The molecule has 1 amide bonds. The molecule has 0 aliphatic rings. The third kappa shape index (κ3) is 3.88. The van der Waals surface area contributed by atoms with Gasteiger partial charge in [-0.3, -0.25) is 9.59 Å². The molecule has 0 fully saturated rings. The fourth-order valence-electron chi connectivity index (χ4n) is 1.34. The monoisotopic (exact) mass is 281 g/mol. The fraction of sp³-hybridized carbons (Fsp3) is 0.273. The molecular formula is C11H11N3O4S. The third-order valence-electron chi connectivity index (χ3n) is 2.24. The molecule has 100 valence electrons. The summed E-state index contributed by atoms with van der Waals surface area (Å²) < 4.78 is 5.39. The van der Waals surface area contributed by atoms with Crippen molar-refractivity contribution in [3.05, 3.63) is 22.7 Å². The standard InChI is InChI=1S/C11H11N3O4S/c15-8(12-5-10(16)17)1-2-9-13-14-11(18-9)7-3-4-19-6-7/h3-4,6H,1-2,5H2,(H,12,15)(H,16,17). The molecular weight excluding hydrogens is 270 g/mol. The van der Waals surface area contributed by atoms with E-state index in [0.717, 1.165) is 5.56 Å². The van der Waals surface area contributed by atoms with Crippen LogP contribution in [0.4, 0.5) is 0 Å². The zero-order valence-corrected chi connectivity index (χ0v) is 10.6. The molecule has 0 saturated carbocycles. The Hall–Kier alpha value is -2.22. The summed E-state index contributed by atoms with van der Waals surface area (Å²) in [6, 6.07) is 1.86. The minimum absolute atomic E-state index is 0.110. The van der Waals surface area contributed by atoms with Crippen LogP contribution in [-0.4, -0.2) is 33.7 Å². The highest BCUT2D eigenvalue weighted by atomic mass is 32.1. The Morgan fingerprint density at radius 2 is 2.26 bits per heavy atom. The van der Waals surface area contributed by atoms with Crippen molar-refractivity contribution in [3.63, 3.8) is 0 Å². The highest BCUT2D eigenvalue weighted by Crippen LogP contribution is 2.20. The maximum Gasteiger partial charge on any atom is 0.322 e. The second-order valence-electron chi connectivity index (χ2n) is 3.68. The molecule has 2 aromatic heterocycles. The number of aliphatic carboxylic acids is 1. The summed E-state index contributed by atoms with van der Waals surface area (Å²) in [6.45, 7) is -0.386. The van der Waals surface area contributed by atoms with Gasteiger partial charge in [-0.05, 0) is 11.4 Å². The summed E-state index contributed by atoms with van der Waals surface area (Å²) >= 11 is 1.52. The van der Waals surface area contributed by atoms with E-state index in [1.54, 1.807) is 0 Å². The predicted octanol–water partition coefficient (Wildman–Crippen LogP) is 0.931. The molecule has 2 N–H and O–H groups in total. The van der Waals surface area contributed by atoms with Crippen molar-refractivity contribution in [2.45, 2.75) is 12.8 Å². The first kappa shape index (κ1) is 13.2. The van der Waals surface area contributed by atoms with Crippen LogP contribution in [0.5, 0.6) is 0 Å². The van der Waals surface area contributed by atoms with Gasteiger partial charge >= 0.3 is 5.97 Å². The van der Waals surface area contributed by atoms with Gasteiger partial charge in [0.25, 0.3) is 0 Å². The number of rotatable bonds is 6. The second kappa shape index (κ2) is 6.10. The maximum absolute atomic E-state index is 11.3. The van der Waals surface area contributed by atoms with Crippen LogP contribution >= 0.6 is 11.3 Å². The number of aryl methyl sites for hydroxylation is 1. The number of aromatic nitrogens is 2. The Kier molecular flexibility index (Phi) is 4.24. The second-order valence-corrected chi connectivity index (χ2v) is 4.46. The van der Waals surface area contributed by atoms with Gasteiger partial charge in [-0.25, -0.2) is 0 Å². The number of amides is 1. The number of carboxylic acid groups (broad SMARTS) is 1. The first-order chi connectivity index (χ1) is 9.15. The van der Waals surface area contributed by atoms with Gasteiger partial charge in [0.05, 0.1) is 0 Å². The molecule has 0 aliphatic heterocycles. The molecule has 0 aromatic carbocycles. The van der Waals surface area contributed by atoms with Gasteiger partial charge in [0.15, 0.2) is 0 Å². The van der Waals surface area contributed by atoms with E-state index >= 15 is 0 Å². The van der Waals surface area contributed by atoms with Gasteiger partial charge in [0.1, 0.15) is 6.54 Å². The summed E-state index contributed by atoms with van der Waals surface area (Å²) in [7, 11) is 0. The van der Waals surface area contributed by atoms with Gasteiger partial charge in [0.2, 0.25) is 17.7 Å². The molecule has 8 heteroatoms. The van der Waals surface area contributed by atoms with E-state index in [4.69, 9.17) is 9.52 Å². The number of carbonyl (C=O) groups excluding carboxylic acids is 1. The zero-order chi connectivity index (χ0) is 13.7. The normalized spacial score (nSPS) is 10.3. The van der Waals surface area contributed by atoms with Crippen LogP contribution in [0.15, 0.2) is 21.2 Å². The molecule has 2 rings (SSSR count). The summed E-state index contributed by atoms with van der Waals surface area (Å²) in [6.07, 6.45) is 0.390. The molecule has 2 aromatic rings. The lowest BCUT2D eigenvalue weighted by Crippen LogP contribution is -2.29. The fourth-order valence-corrected chi connectivity index (χ4v) is 1.97. The summed E-state index contributed by atoms with van der Waals surface area (Å²) in [4.78, 5) is 21.6. The smallest absolute Gasteiger partial charge is 0.322 e. The molecule has 2 heterocycles. The number of hydrogen-bond donors (Lipinski definition) is 2. The van der Waals surface area contributed by atoms with E-state index in [9.17, 15) is 9.59 Å². The third-order valence-corrected chi connectivity index (χ3v) is 2.92. The van der Waals surface area contributed by atoms with Gasteiger partial charge < -0.3 is 14.8 Å². The van der Waals surface area contributed by atoms with Crippen molar-refractivity contribution < 1.29 is 19.1 Å². The number of carbonyl (C=O) groups is 2. The number of carboxylic acids is 1. The average Bonchev–Trinajstić information content (AvgIpc) is 3.03. The molecule has 0 bridgehead atoms. The van der Waals surface area contributed by atoms with E-state index < -0.39 is 5.97 Å². The molecule has 0 aliphatic carbocycles. The number of nitrogens with one attached hydrogen (secondary N) is 1. The van der Waals surface area contributed by atoms with E-state index in [-0.39, 0.29) is 25.3 Å². The van der Waals surface area contributed by atoms with Crippen molar-refractivity contribution in [1.82, 2.24) is 15.5 Å². The predicted molar refractivity (Wildman–Crippen MR) is 66.6 cm³/mol. The summed E-state index contributed by atoms with van der Waals surface area (Å²) in [5, 5.41) is 22.2. The van der Waals surface area contributed by atoms with Crippen molar-refractivity contribution in [2.75, 3.05) is 6.54 Å². The van der Waals surface area contributed by atoms with E-state index in [1.807, 2.05) is 16.8 Å². The van der Waals surface area contributed by atoms with Gasteiger partial charge in [-0.15, -0.1) is 10.2 Å². The van der Waals surface area contributed by atoms with Crippen molar-refractivity contribution in [2.24, 2.45) is 0 Å². The lowest BCUT2D eigenvalue weighted by Gasteiger charge is -1.99. The zero-order valence-electron chi connectivity index (χ0n) is 9.83. The van der Waals surface area contributed by atoms with Crippen LogP contribution in [-0.2, 0) is 16.0 Å². The highest BCUT2D eigenvalue weighted by molar-refractivity contribution is 7.08. The summed E-state index contributed by atoms with van der Waals surface area (Å²) in [5.41, 5.74) is 0.846. The van der Waals surface area contributed by atoms with Crippen molar-refractivity contribution in [1.29, 1.82) is 0 Å². The minimum Gasteiger partial charge on any atom is -0.480 e. The van der Waals surface area contributed by atoms with E-state index in [0.29, 0.717) is 11.8 Å². The van der Waals surface area contributed by atoms with Gasteiger partial charge in [-0.2, -0.15) is 11.3 Å². The van der Waals surface area contributed by atoms with Crippen LogP contribution < -0.4 is 5.32 Å². The highest BCUT2D eigenvalue weighted by Gasteiger charge is 2.11. The van der Waals surface area contributed by atoms with Crippen LogP contribution in [0.1, 0.15) is 12.3 Å². The van der Waals surface area contributed by atoms with E-state index in [1.165, 1.54) is 11.3 Å². The lowest BCUT2D eigenvalue weighted by atomic mass is 10.3. The van der Waals surface area contributed by atoms with Crippen LogP contribution in [0.3, 0.4) is 0 Å². The molecule has 0 saturated heterocycles. The number of nitrogens with zero attached hydrogens (tertiary/aromatic N) is 2. The Bertz CT molecular complexity index is 564. The number of thiophene rings is 1. The SMILES string of the molecule is O=C(O)CNC(=O)CCc1nnc(-c2ccsc2)o1. The molecule has 0 spiro atoms. The Morgan fingerprint density at radius 3 is 2.95 bits per heavy atom. The van der Waals surface area contributed by atoms with Crippen LogP contribution in [0.25, 0.3) is 11.5 Å². The van der Waals surface area contributed by atoms with Gasteiger partial charge in [0, 0.05) is 23.8 Å². The van der Waals surface area contributed by atoms with Gasteiger partial charge in [-0.1, -0.05) is 0 Å². The average molecular weight is 281 g/mol. The van der Waals surface area contributed by atoms with E-state index in [2.05, 4.69) is 15.5 Å². The Morgan fingerprint density at radius 1 is 1.42 bits per heavy atom. The van der Waals surface area contributed by atoms with Crippen LogP contribution in [0.2, 0.25) is 0 Å². The molecule has 7 nitrogen and oxygen atoms in total. The summed E-state index contributed by atoms with van der Waals surface area (Å²) in [5.74, 6) is -0.669. The topological polar surface area (TPSA) is 105 Å². The lowest BCUT2D eigenvalue weighted by molar-refractivity contribution is -0.137. The van der Waals surface area contributed by atoms with Crippen molar-refractivity contribution >= 4 is 23.2 Å². The largest absolute Gasteiger partial charge is 0.480 e. The first-order valence-electron chi connectivity index (χ1n) is 5.48. The molecule has 0 atom stereocenters. The number of hydrogen-bond acceptors (Lipinski definition) is 6. The maximum atomic E-state index is 11.3. The van der Waals surface area contributed by atoms with Crippen molar-refractivity contribution in [3.8, 4) is 11.5 Å². The Balaban J connectivity index is 1.84.